The standard InChI is InChI=1S/C10H20O3/c1-6-8(10(3,4)5)13-9(11)12-7-2/h8H,6-7H2,1-5H3. The van der Waals surface area contributed by atoms with E-state index in [1.165, 1.54) is 0 Å². The summed E-state index contributed by atoms with van der Waals surface area (Å²) in [4.78, 5) is 11.0. The molecule has 0 aliphatic rings. The first kappa shape index (κ1) is 12.3. The normalized spacial score (nSPS) is 13.6. The fourth-order valence-electron chi connectivity index (χ4n) is 1.14. The van der Waals surface area contributed by atoms with Crippen LogP contribution < -0.4 is 0 Å². The Morgan fingerprint density at radius 3 is 2.15 bits per heavy atom. The average molecular weight is 188 g/mol. The molecule has 1 unspecified atom stereocenters. The Morgan fingerprint density at radius 2 is 1.85 bits per heavy atom. The zero-order valence-corrected chi connectivity index (χ0v) is 9.22. The van der Waals surface area contributed by atoms with E-state index < -0.39 is 6.16 Å². The average Bonchev–Trinajstić information content (AvgIpc) is 1.98. The smallest absolute Gasteiger partial charge is 0.435 e. The number of ether oxygens (including phenoxy) is 2. The third-order valence-corrected chi connectivity index (χ3v) is 1.84. The van der Waals surface area contributed by atoms with Gasteiger partial charge in [-0.1, -0.05) is 27.7 Å². The molecular weight excluding hydrogens is 168 g/mol. The minimum absolute atomic E-state index is 0.0263. The van der Waals surface area contributed by atoms with Gasteiger partial charge in [0.2, 0.25) is 0 Å². The molecule has 0 N–H and O–H groups in total. The summed E-state index contributed by atoms with van der Waals surface area (Å²) in [6.45, 7) is 10.2. The molecule has 0 spiro atoms. The summed E-state index contributed by atoms with van der Waals surface area (Å²) in [6.07, 6.45) is 0.165. The van der Waals surface area contributed by atoms with E-state index in [0.717, 1.165) is 6.42 Å². The maximum absolute atomic E-state index is 11.0. The van der Waals surface area contributed by atoms with Gasteiger partial charge in [-0.3, -0.25) is 0 Å². The van der Waals surface area contributed by atoms with Crippen molar-refractivity contribution in [3.8, 4) is 0 Å². The molecule has 0 aliphatic heterocycles. The van der Waals surface area contributed by atoms with Gasteiger partial charge in [-0.15, -0.1) is 0 Å². The molecule has 0 bridgehead atoms. The van der Waals surface area contributed by atoms with Crippen LogP contribution in [0.25, 0.3) is 0 Å². The van der Waals surface area contributed by atoms with Gasteiger partial charge < -0.3 is 9.47 Å². The van der Waals surface area contributed by atoms with Gasteiger partial charge in [0.25, 0.3) is 0 Å². The van der Waals surface area contributed by atoms with Gasteiger partial charge in [-0.25, -0.2) is 4.79 Å². The van der Waals surface area contributed by atoms with Crippen LogP contribution >= 0.6 is 0 Å². The van der Waals surface area contributed by atoms with E-state index in [1.54, 1.807) is 6.92 Å². The Bertz CT molecular complexity index is 158. The SMILES string of the molecule is CCOC(=O)OC(CC)C(C)(C)C. The summed E-state index contributed by atoms with van der Waals surface area (Å²) in [7, 11) is 0. The third kappa shape index (κ3) is 4.76. The van der Waals surface area contributed by atoms with Gasteiger partial charge in [-0.2, -0.15) is 0 Å². The second-order valence-electron chi connectivity index (χ2n) is 4.06. The van der Waals surface area contributed by atoms with Gasteiger partial charge in [0.1, 0.15) is 6.10 Å². The largest absolute Gasteiger partial charge is 0.508 e. The lowest BCUT2D eigenvalue weighted by Crippen LogP contribution is -2.31. The summed E-state index contributed by atoms with van der Waals surface area (Å²) in [6, 6.07) is 0. The minimum Gasteiger partial charge on any atom is -0.435 e. The molecular formula is C10H20O3. The highest BCUT2D eigenvalue weighted by molar-refractivity contribution is 5.60. The van der Waals surface area contributed by atoms with E-state index in [0.29, 0.717) is 6.61 Å². The quantitative estimate of drug-likeness (QED) is 0.639. The molecule has 0 saturated heterocycles. The van der Waals surface area contributed by atoms with Crippen molar-refractivity contribution in [2.75, 3.05) is 6.61 Å². The van der Waals surface area contributed by atoms with Crippen molar-refractivity contribution < 1.29 is 14.3 Å². The molecule has 0 aliphatic carbocycles. The Kier molecular flexibility index (Phi) is 4.81. The molecule has 0 aromatic heterocycles. The number of carbonyl (C=O) groups is 1. The summed E-state index contributed by atoms with van der Waals surface area (Å²) in [5.74, 6) is 0. The van der Waals surface area contributed by atoms with Crippen molar-refractivity contribution in [1.29, 1.82) is 0 Å². The highest BCUT2D eigenvalue weighted by Crippen LogP contribution is 2.24. The molecule has 0 amide bonds. The molecule has 0 aromatic carbocycles. The van der Waals surface area contributed by atoms with Crippen molar-refractivity contribution in [2.45, 2.75) is 47.1 Å². The molecule has 13 heavy (non-hydrogen) atoms. The van der Waals surface area contributed by atoms with Gasteiger partial charge in [0.15, 0.2) is 0 Å². The first-order valence-corrected chi connectivity index (χ1v) is 4.75. The summed E-state index contributed by atoms with van der Waals surface area (Å²) < 4.78 is 9.85. The van der Waals surface area contributed by atoms with Crippen LogP contribution in [0.1, 0.15) is 41.0 Å². The van der Waals surface area contributed by atoms with Gasteiger partial charge in [0.05, 0.1) is 6.61 Å². The van der Waals surface area contributed by atoms with Gasteiger partial charge in [-0.05, 0) is 18.8 Å². The molecule has 0 radical (unpaired) electrons. The summed E-state index contributed by atoms with van der Waals surface area (Å²) >= 11 is 0. The number of carbonyl (C=O) groups excluding carboxylic acids is 1. The molecule has 1 atom stereocenters. The Hall–Kier alpha value is -0.730. The van der Waals surface area contributed by atoms with E-state index in [4.69, 9.17) is 9.47 Å². The van der Waals surface area contributed by atoms with Gasteiger partial charge in [0, 0.05) is 0 Å². The van der Waals surface area contributed by atoms with Crippen molar-refractivity contribution >= 4 is 6.16 Å². The van der Waals surface area contributed by atoms with Crippen LogP contribution in [0, 0.1) is 5.41 Å². The van der Waals surface area contributed by atoms with Crippen LogP contribution in [-0.2, 0) is 9.47 Å². The monoisotopic (exact) mass is 188 g/mol. The van der Waals surface area contributed by atoms with Crippen LogP contribution in [0.2, 0.25) is 0 Å². The molecule has 3 heteroatoms. The van der Waals surface area contributed by atoms with Crippen LogP contribution in [0.4, 0.5) is 4.79 Å². The zero-order valence-electron chi connectivity index (χ0n) is 9.22. The van der Waals surface area contributed by atoms with Crippen LogP contribution in [-0.4, -0.2) is 18.9 Å². The highest BCUT2D eigenvalue weighted by atomic mass is 16.7. The van der Waals surface area contributed by atoms with E-state index in [9.17, 15) is 4.79 Å². The van der Waals surface area contributed by atoms with Crippen molar-refractivity contribution in [3.63, 3.8) is 0 Å². The summed E-state index contributed by atoms with van der Waals surface area (Å²) in [5, 5.41) is 0. The molecule has 3 nitrogen and oxygen atoms in total. The lowest BCUT2D eigenvalue weighted by molar-refractivity contribution is -0.0166. The number of rotatable bonds is 3. The van der Waals surface area contributed by atoms with Crippen molar-refractivity contribution in [1.82, 2.24) is 0 Å². The fraction of sp³-hybridized carbons (Fsp3) is 0.900. The van der Waals surface area contributed by atoms with Crippen molar-refractivity contribution in [3.05, 3.63) is 0 Å². The lowest BCUT2D eigenvalue weighted by Gasteiger charge is -2.28. The summed E-state index contributed by atoms with van der Waals surface area (Å²) in [5.41, 5.74) is -0.0263. The second-order valence-corrected chi connectivity index (χ2v) is 4.06. The Morgan fingerprint density at radius 1 is 1.31 bits per heavy atom. The van der Waals surface area contributed by atoms with Crippen LogP contribution in [0.5, 0.6) is 0 Å². The lowest BCUT2D eigenvalue weighted by atomic mass is 9.87. The topological polar surface area (TPSA) is 35.5 Å². The molecule has 0 heterocycles. The fourth-order valence-corrected chi connectivity index (χ4v) is 1.14. The predicted molar refractivity (Wildman–Crippen MR) is 51.6 cm³/mol. The maximum Gasteiger partial charge on any atom is 0.508 e. The molecule has 78 valence electrons. The van der Waals surface area contributed by atoms with E-state index in [2.05, 4.69) is 0 Å². The first-order chi connectivity index (χ1) is 5.91. The number of hydrogen-bond acceptors (Lipinski definition) is 3. The zero-order chi connectivity index (χ0) is 10.5. The van der Waals surface area contributed by atoms with Crippen LogP contribution in [0.3, 0.4) is 0 Å². The van der Waals surface area contributed by atoms with E-state index in [1.807, 2.05) is 27.7 Å². The van der Waals surface area contributed by atoms with E-state index >= 15 is 0 Å². The van der Waals surface area contributed by atoms with Crippen LogP contribution in [0.15, 0.2) is 0 Å². The second kappa shape index (κ2) is 5.10. The van der Waals surface area contributed by atoms with E-state index in [-0.39, 0.29) is 11.5 Å². The number of hydrogen-bond donors (Lipinski definition) is 0. The maximum atomic E-state index is 11.0. The van der Waals surface area contributed by atoms with Gasteiger partial charge >= 0.3 is 6.16 Å². The molecule has 0 aromatic rings. The molecule has 0 rings (SSSR count). The van der Waals surface area contributed by atoms with Crippen molar-refractivity contribution in [2.24, 2.45) is 5.41 Å². The predicted octanol–water partition coefficient (Wildman–Crippen LogP) is 2.98. The first-order valence-electron chi connectivity index (χ1n) is 4.75. The highest BCUT2D eigenvalue weighted by Gasteiger charge is 2.26. The Labute approximate surface area is 80.4 Å². The molecule has 0 fully saturated rings. The minimum atomic E-state index is -0.565. The third-order valence-electron chi connectivity index (χ3n) is 1.84. The molecule has 0 saturated carbocycles. The Balaban J connectivity index is 4.06.